The molecule has 92 valence electrons. The van der Waals surface area contributed by atoms with E-state index < -0.39 is 6.10 Å². The van der Waals surface area contributed by atoms with Crippen LogP contribution in [0.1, 0.15) is 19.4 Å². The SMILES string of the molecule is C/C(=C\C(C)O)c1ccc(-c2ccccc2)cc1. The zero-order valence-corrected chi connectivity index (χ0v) is 10.8. The summed E-state index contributed by atoms with van der Waals surface area (Å²) in [5.74, 6) is 0. The van der Waals surface area contributed by atoms with Gasteiger partial charge in [0.1, 0.15) is 0 Å². The molecule has 0 aliphatic carbocycles. The zero-order valence-electron chi connectivity index (χ0n) is 10.8. The highest BCUT2D eigenvalue weighted by Gasteiger charge is 2.00. The number of allylic oxidation sites excluding steroid dienone is 1. The molecule has 0 fully saturated rings. The second kappa shape index (κ2) is 5.65. The fraction of sp³-hybridized carbons (Fsp3) is 0.176. The molecule has 0 radical (unpaired) electrons. The standard InChI is InChI=1S/C17H18O/c1-13(12-14(2)18)15-8-10-17(11-9-15)16-6-4-3-5-7-16/h3-12,14,18H,1-2H3/b13-12+. The van der Waals surface area contributed by atoms with Crippen LogP contribution in [-0.2, 0) is 0 Å². The second-order valence-electron chi connectivity index (χ2n) is 4.53. The topological polar surface area (TPSA) is 20.2 Å². The van der Waals surface area contributed by atoms with Gasteiger partial charge in [-0.05, 0) is 36.1 Å². The molecule has 0 amide bonds. The minimum Gasteiger partial charge on any atom is -0.389 e. The van der Waals surface area contributed by atoms with Gasteiger partial charge >= 0.3 is 0 Å². The maximum absolute atomic E-state index is 9.34. The Hall–Kier alpha value is -1.86. The third-order valence-corrected chi connectivity index (χ3v) is 2.94. The predicted octanol–water partition coefficient (Wildman–Crippen LogP) is 4.14. The molecule has 0 heterocycles. The summed E-state index contributed by atoms with van der Waals surface area (Å²) in [7, 11) is 0. The van der Waals surface area contributed by atoms with Crippen LogP contribution in [0.3, 0.4) is 0 Å². The molecule has 1 N–H and O–H groups in total. The van der Waals surface area contributed by atoms with Crippen LogP contribution in [0.15, 0.2) is 60.7 Å². The largest absolute Gasteiger partial charge is 0.389 e. The number of hydrogen-bond acceptors (Lipinski definition) is 1. The van der Waals surface area contributed by atoms with Gasteiger partial charge in [-0.15, -0.1) is 0 Å². The average molecular weight is 238 g/mol. The third kappa shape index (κ3) is 3.08. The van der Waals surface area contributed by atoms with Gasteiger partial charge in [-0.25, -0.2) is 0 Å². The van der Waals surface area contributed by atoms with Crippen molar-refractivity contribution in [1.82, 2.24) is 0 Å². The molecular formula is C17H18O. The number of benzene rings is 2. The van der Waals surface area contributed by atoms with E-state index in [0.29, 0.717) is 0 Å². The molecule has 2 aromatic carbocycles. The number of rotatable bonds is 3. The zero-order chi connectivity index (χ0) is 13.0. The summed E-state index contributed by atoms with van der Waals surface area (Å²) in [6.45, 7) is 3.78. The lowest BCUT2D eigenvalue weighted by Crippen LogP contribution is -1.94. The van der Waals surface area contributed by atoms with Crippen LogP contribution in [0.2, 0.25) is 0 Å². The lowest BCUT2D eigenvalue weighted by atomic mass is 10.0. The molecular weight excluding hydrogens is 220 g/mol. The minimum atomic E-state index is -0.404. The van der Waals surface area contributed by atoms with E-state index in [4.69, 9.17) is 0 Å². The lowest BCUT2D eigenvalue weighted by Gasteiger charge is -2.06. The van der Waals surface area contributed by atoms with Crippen molar-refractivity contribution in [3.05, 3.63) is 66.2 Å². The monoisotopic (exact) mass is 238 g/mol. The summed E-state index contributed by atoms with van der Waals surface area (Å²) >= 11 is 0. The first-order valence-electron chi connectivity index (χ1n) is 6.19. The van der Waals surface area contributed by atoms with Gasteiger partial charge in [0.2, 0.25) is 0 Å². The van der Waals surface area contributed by atoms with Gasteiger partial charge in [-0.3, -0.25) is 0 Å². The molecule has 0 saturated carbocycles. The fourth-order valence-corrected chi connectivity index (χ4v) is 2.01. The first-order chi connectivity index (χ1) is 8.66. The molecule has 1 heteroatoms. The van der Waals surface area contributed by atoms with Crippen molar-refractivity contribution in [3.8, 4) is 11.1 Å². The van der Waals surface area contributed by atoms with Gasteiger partial charge in [0, 0.05) is 0 Å². The van der Waals surface area contributed by atoms with Crippen molar-refractivity contribution in [2.24, 2.45) is 0 Å². The maximum Gasteiger partial charge on any atom is 0.0698 e. The Balaban J connectivity index is 2.26. The van der Waals surface area contributed by atoms with Crippen LogP contribution in [0.4, 0.5) is 0 Å². The molecule has 0 aliphatic rings. The Morgan fingerprint density at radius 1 is 0.944 bits per heavy atom. The fourth-order valence-electron chi connectivity index (χ4n) is 2.01. The molecule has 1 atom stereocenters. The average Bonchev–Trinajstić information content (AvgIpc) is 2.39. The van der Waals surface area contributed by atoms with Crippen molar-refractivity contribution in [2.75, 3.05) is 0 Å². The highest BCUT2D eigenvalue weighted by molar-refractivity contribution is 5.69. The Bertz CT molecular complexity index is 521. The van der Waals surface area contributed by atoms with Gasteiger partial charge in [0.05, 0.1) is 6.10 Å². The quantitative estimate of drug-likeness (QED) is 0.852. The van der Waals surface area contributed by atoms with E-state index >= 15 is 0 Å². The molecule has 2 rings (SSSR count). The van der Waals surface area contributed by atoms with E-state index in [-0.39, 0.29) is 0 Å². The van der Waals surface area contributed by atoms with E-state index in [2.05, 4.69) is 36.4 Å². The predicted molar refractivity (Wildman–Crippen MR) is 77.2 cm³/mol. The van der Waals surface area contributed by atoms with Crippen molar-refractivity contribution in [1.29, 1.82) is 0 Å². The molecule has 1 unspecified atom stereocenters. The smallest absolute Gasteiger partial charge is 0.0698 e. The van der Waals surface area contributed by atoms with Gasteiger partial charge < -0.3 is 5.11 Å². The van der Waals surface area contributed by atoms with Gasteiger partial charge in [0.15, 0.2) is 0 Å². The molecule has 2 aromatic rings. The molecule has 0 bridgehead atoms. The van der Waals surface area contributed by atoms with E-state index in [1.165, 1.54) is 11.1 Å². The van der Waals surface area contributed by atoms with Gasteiger partial charge in [-0.2, -0.15) is 0 Å². The summed E-state index contributed by atoms with van der Waals surface area (Å²) in [6, 6.07) is 18.7. The van der Waals surface area contributed by atoms with Crippen LogP contribution in [0.5, 0.6) is 0 Å². The van der Waals surface area contributed by atoms with E-state index in [9.17, 15) is 5.11 Å². The summed E-state index contributed by atoms with van der Waals surface area (Å²) in [5, 5.41) is 9.34. The molecule has 0 spiro atoms. The van der Waals surface area contributed by atoms with Gasteiger partial charge in [-0.1, -0.05) is 60.7 Å². The van der Waals surface area contributed by atoms with Crippen molar-refractivity contribution in [2.45, 2.75) is 20.0 Å². The highest BCUT2D eigenvalue weighted by Crippen LogP contribution is 2.22. The Morgan fingerprint density at radius 2 is 1.50 bits per heavy atom. The van der Waals surface area contributed by atoms with Crippen LogP contribution in [0, 0.1) is 0 Å². The molecule has 1 nitrogen and oxygen atoms in total. The minimum absolute atomic E-state index is 0.404. The number of hydrogen-bond donors (Lipinski definition) is 1. The van der Waals surface area contributed by atoms with Crippen molar-refractivity contribution >= 4 is 5.57 Å². The van der Waals surface area contributed by atoms with Crippen molar-refractivity contribution < 1.29 is 5.11 Å². The second-order valence-corrected chi connectivity index (χ2v) is 4.53. The number of aliphatic hydroxyl groups excluding tert-OH is 1. The first kappa shape index (κ1) is 12.6. The lowest BCUT2D eigenvalue weighted by molar-refractivity contribution is 0.244. The van der Waals surface area contributed by atoms with Crippen LogP contribution in [-0.4, -0.2) is 11.2 Å². The Labute approximate surface area is 108 Å². The summed E-state index contributed by atoms with van der Waals surface area (Å²) < 4.78 is 0. The summed E-state index contributed by atoms with van der Waals surface area (Å²) in [6.07, 6.45) is 1.45. The maximum atomic E-state index is 9.34. The summed E-state index contributed by atoms with van der Waals surface area (Å²) in [5.41, 5.74) is 4.69. The van der Waals surface area contributed by atoms with Crippen molar-refractivity contribution in [3.63, 3.8) is 0 Å². The van der Waals surface area contributed by atoms with E-state index in [1.54, 1.807) is 6.92 Å². The molecule has 0 saturated heterocycles. The Morgan fingerprint density at radius 3 is 2.06 bits per heavy atom. The van der Waals surface area contributed by atoms with Crippen LogP contribution >= 0.6 is 0 Å². The third-order valence-electron chi connectivity index (χ3n) is 2.94. The van der Waals surface area contributed by atoms with E-state index in [0.717, 1.165) is 11.1 Å². The van der Waals surface area contributed by atoms with E-state index in [1.807, 2.05) is 31.2 Å². The van der Waals surface area contributed by atoms with Crippen LogP contribution < -0.4 is 0 Å². The highest BCUT2D eigenvalue weighted by atomic mass is 16.3. The van der Waals surface area contributed by atoms with Crippen LogP contribution in [0.25, 0.3) is 16.7 Å². The normalized spacial score (nSPS) is 13.4. The number of aliphatic hydroxyl groups is 1. The molecule has 0 aliphatic heterocycles. The first-order valence-corrected chi connectivity index (χ1v) is 6.19. The Kier molecular flexibility index (Phi) is 3.96. The molecule has 0 aromatic heterocycles. The summed E-state index contributed by atoms with van der Waals surface area (Å²) in [4.78, 5) is 0. The van der Waals surface area contributed by atoms with Gasteiger partial charge in [0.25, 0.3) is 0 Å². The molecule has 18 heavy (non-hydrogen) atoms.